The van der Waals surface area contributed by atoms with Gasteiger partial charge in [0.2, 0.25) is 0 Å². The van der Waals surface area contributed by atoms with Crippen molar-refractivity contribution in [2.75, 3.05) is 0 Å². The maximum atomic E-state index is 11.4. The van der Waals surface area contributed by atoms with Gasteiger partial charge in [0.1, 0.15) is 17.3 Å². The van der Waals surface area contributed by atoms with Gasteiger partial charge < -0.3 is 4.74 Å². The number of nitro benzene ring substituents is 1. The van der Waals surface area contributed by atoms with Gasteiger partial charge in [0.15, 0.2) is 6.29 Å². The lowest BCUT2D eigenvalue weighted by Gasteiger charge is -2.11. The fourth-order valence-corrected chi connectivity index (χ4v) is 2.50. The highest BCUT2D eigenvalue weighted by molar-refractivity contribution is 7.86. The highest BCUT2D eigenvalue weighted by Crippen LogP contribution is 2.31. The second kappa shape index (κ2) is 6.55. The smallest absolute Gasteiger partial charge is 0.298 e. The molecule has 0 amide bonds. The lowest BCUT2D eigenvalue weighted by Crippen LogP contribution is -2.07. The number of rotatable bonds is 6. The average Bonchev–Trinajstić information content (AvgIpc) is 2.51. The second-order valence-corrected chi connectivity index (χ2v) is 5.87. The third-order valence-corrected chi connectivity index (χ3v) is 3.81. The van der Waals surface area contributed by atoms with E-state index in [0.717, 1.165) is 6.07 Å². The zero-order chi connectivity index (χ0) is 17.0. The molecular weight excluding hydrogens is 326 g/mol. The van der Waals surface area contributed by atoms with Gasteiger partial charge in [-0.3, -0.25) is 19.5 Å². The van der Waals surface area contributed by atoms with Gasteiger partial charge in [-0.2, -0.15) is 8.42 Å². The van der Waals surface area contributed by atoms with Crippen molar-refractivity contribution >= 4 is 22.1 Å². The van der Waals surface area contributed by atoms with Crippen LogP contribution in [0.4, 0.5) is 5.69 Å². The van der Waals surface area contributed by atoms with Gasteiger partial charge in [-0.05, 0) is 11.6 Å². The van der Waals surface area contributed by atoms with Gasteiger partial charge in [0.05, 0.1) is 10.5 Å². The molecule has 9 heteroatoms. The number of hydrogen-bond donors (Lipinski definition) is 1. The van der Waals surface area contributed by atoms with Crippen LogP contribution in [-0.4, -0.2) is 24.2 Å². The first-order valence-electron chi connectivity index (χ1n) is 6.24. The van der Waals surface area contributed by atoms with Crippen molar-refractivity contribution in [2.24, 2.45) is 0 Å². The number of benzene rings is 2. The van der Waals surface area contributed by atoms with E-state index in [9.17, 15) is 27.9 Å². The summed E-state index contributed by atoms with van der Waals surface area (Å²) in [6, 6.07) is 10.2. The molecule has 2 aromatic rings. The van der Waals surface area contributed by atoms with Gasteiger partial charge in [0, 0.05) is 6.07 Å². The summed E-state index contributed by atoms with van der Waals surface area (Å²) in [6.45, 7) is -0.0422. The van der Waals surface area contributed by atoms with E-state index in [1.165, 1.54) is 0 Å². The predicted octanol–water partition coefficient (Wildman–Crippen LogP) is 2.23. The van der Waals surface area contributed by atoms with E-state index in [4.69, 9.17) is 4.74 Å². The largest absolute Gasteiger partial charge is 0.487 e. The highest BCUT2D eigenvalue weighted by atomic mass is 32.2. The lowest BCUT2D eigenvalue weighted by molar-refractivity contribution is -0.385. The number of carbonyl (C=O) groups excluding carboxylic acids is 1. The number of aldehydes is 1. The van der Waals surface area contributed by atoms with Gasteiger partial charge in [-0.25, -0.2) is 0 Å². The van der Waals surface area contributed by atoms with Crippen LogP contribution in [-0.2, 0) is 16.7 Å². The Labute approximate surface area is 131 Å². The number of carbonyl (C=O) groups is 1. The molecule has 0 aliphatic carbocycles. The summed E-state index contributed by atoms with van der Waals surface area (Å²) in [4.78, 5) is 20.1. The minimum atomic E-state index is -4.76. The molecule has 0 saturated carbocycles. The summed E-state index contributed by atoms with van der Waals surface area (Å²) in [5.74, 6) is -0.343. The maximum Gasteiger partial charge on any atom is 0.298 e. The summed E-state index contributed by atoms with van der Waals surface area (Å²) >= 11 is 0. The van der Waals surface area contributed by atoms with Crippen molar-refractivity contribution in [3.8, 4) is 5.75 Å². The molecule has 23 heavy (non-hydrogen) atoms. The monoisotopic (exact) mass is 337 g/mol. The molecule has 0 atom stereocenters. The van der Waals surface area contributed by atoms with Crippen LogP contribution in [0.5, 0.6) is 5.75 Å². The van der Waals surface area contributed by atoms with Crippen LogP contribution in [0, 0.1) is 10.1 Å². The number of nitro groups is 1. The summed E-state index contributed by atoms with van der Waals surface area (Å²) < 4.78 is 37.3. The molecule has 2 rings (SSSR count). The van der Waals surface area contributed by atoms with Crippen LogP contribution >= 0.6 is 0 Å². The Morgan fingerprint density at radius 2 is 1.87 bits per heavy atom. The van der Waals surface area contributed by atoms with Crippen molar-refractivity contribution in [1.29, 1.82) is 0 Å². The Bertz CT molecular complexity index is 847. The summed E-state index contributed by atoms with van der Waals surface area (Å²) in [5, 5.41) is 10.9. The van der Waals surface area contributed by atoms with E-state index in [1.54, 1.807) is 30.3 Å². The van der Waals surface area contributed by atoms with E-state index < -0.39 is 25.6 Å². The molecule has 0 saturated heterocycles. The van der Waals surface area contributed by atoms with E-state index >= 15 is 0 Å². The molecule has 1 N–H and O–H groups in total. The van der Waals surface area contributed by atoms with Crippen LogP contribution in [0.25, 0.3) is 0 Å². The van der Waals surface area contributed by atoms with Gasteiger partial charge in [-0.15, -0.1) is 0 Å². The highest BCUT2D eigenvalue weighted by Gasteiger charge is 2.25. The van der Waals surface area contributed by atoms with Gasteiger partial charge in [0.25, 0.3) is 15.8 Å². The fraction of sp³-hybridized carbons (Fsp3) is 0.0714. The zero-order valence-electron chi connectivity index (χ0n) is 11.6. The lowest BCUT2D eigenvalue weighted by atomic mass is 10.2. The summed E-state index contributed by atoms with van der Waals surface area (Å²) in [7, 11) is -4.76. The van der Waals surface area contributed by atoms with Crippen molar-refractivity contribution in [3.05, 3.63) is 63.7 Å². The molecule has 0 fully saturated rings. The quantitative estimate of drug-likeness (QED) is 0.371. The molecule has 2 aromatic carbocycles. The Morgan fingerprint density at radius 1 is 1.22 bits per heavy atom. The molecule has 0 aliphatic heterocycles. The maximum absolute atomic E-state index is 11.4. The van der Waals surface area contributed by atoms with Crippen LogP contribution in [0.3, 0.4) is 0 Å². The molecule has 0 radical (unpaired) electrons. The van der Waals surface area contributed by atoms with E-state index in [0.29, 0.717) is 11.6 Å². The Balaban J connectivity index is 2.48. The first-order chi connectivity index (χ1) is 10.8. The second-order valence-electron chi connectivity index (χ2n) is 4.48. The minimum Gasteiger partial charge on any atom is -0.487 e. The van der Waals surface area contributed by atoms with Crippen LogP contribution in [0.1, 0.15) is 15.9 Å². The van der Waals surface area contributed by atoms with E-state index in [2.05, 4.69) is 0 Å². The molecule has 0 heterocycles. The van der Waals surface area contributed by atoms with Gasteiger partial charge in [-0.1, -0.05) is 30.3 Å². The molecule has 120 valence electrons. The predicted molar refractivity (Wildman–Crippen MR) is 79.1 cm³/mol. The standard InChI is InChI=1S/C14H11NO7S/c16-8-11-6-13(22-9-10-4-2-1-3-5-10)14(23(19,20)21)7-12(11)15(17)18/h1-8H,9H2,(H,19,20,21). The number of ether oxygens (including phenoxy) is 1. The van der Waals surface area contributed by atoms with Crippen molar-refractivity contribution in [3.63, 3.8) is 0 Å². The summed E-state index contributed by atoms with van der Waals surface area (Å²) in [6.07, 6.45) is 0.210. The molecule has 8 nitrogen and oxygen atoms in total. The molecule has 0 bridgehead atoms. The number of hydrogen-bond acceptors (Lipinski definition) is 6. The molecule has 0 unspecified atom stereocenters. The third-order valence-electron chi connectivity index (χ3n) is 2.93. The van der Waals surface area contributed by atoms with E-state index in [-0.39, 0.29) is 24.2 Å². The average molecular weight is 337 g/mol. The minimum absolute atomic E-state index is 0.0422. The van der Waals surface area contributed by atoms with Crippen molar-refractivity contribution in [1.82, 2.24) is 0 Å². The topological polar surface area (TPSA) is 124 Å². The van der Waals surface area contributed by atoms with Crippen molar-refractivity contribution < 1.29 is 27.4 Å². The van der Waals surface area contributed by atoms with E-state index in [1.807, 2.05) is 0 Å². The first-order valence-corrected chi connectivity index (χ1v) is 7.68. The van der Waals surface area contributed by atoms with Crippen molar-refractivity contribution in [2.45, 2.75) is 11.5 Å². The Kier molecular flexibility index (Phi) is 4.72. The van der Waals surface area contributed by atoms with Gasteiger partial charge >= 0.3 is 0 Å². The Morgan fingerprint density at radius 3 is 2.39 bits per heavy atom. The number of nitrogens with zero attached hydrogens (tertiary/aromatic N) is 1. The molecule has 0 spiro atoms. The molecular formula is C14H11NO7S. The van der Waals surface area contributed by atoms with Crippen LogP contribution < -0.4 is 4.74 Å². The fourth-order valence-electron chi connectivity index (χ4n) is 1.87. The third kappa shape index (κ3) is 3.90. The molecule has 0 aliphatic rings. The molecule has 0 aromatic heterocycles. The van der Waals surface area contributed by atoms with Crippen LogP contribution in [0.2, 0.25) is 0 Å². The summed E-state index contributed by atoms with van der Waals surface area (Å²) in [5.41, 5.74) is -0.384. The Hall–Kier alpha value is -2.78. The normalized spacial score (nSPS) is 11.0. The van der Waals surface area contributed by atoms with Crippen LogP contribution in [0.15, 0.2) is 47.4 Å². The first kappa shape index (κ1) is 16.6. The SMILES string of the molecule is O=Cc1cc(OCc2ccccc2)c(S(=O)(=O)O)cc1[N+](=O)[O-]. The zero-order valence-corrected chi connectivity index (χ0v) is 12.4.